The minimum absolute atomic E-state index is 0.0184. The van der Waals surface area contributed by atoms with Crippen LogP contribution in [0.4, 0.5) is 0 Å². The lowest BCUT2D eigenvalue weighted by Crippen LogP contribution is -2.35. The van der Waals surface area contributed by atoms with E-state index in [1.165, 1.54) is 0 Å². The fourth-order valence-electron chi connectivity index (χ4n) is 3.59. The summed E-state index contributed by atoms with van der Waals surface area (Å²) in [5, 5.41) is 8.94. The smallest absolute Gasteiger partial charge is 0.268 e. The molecule has 29 heavy (non-hydrogen) atoms. The molecule has 0 bridgehead atoms. The summed E-state index contributed by atoms with van der Waals surface area (Å²) < 4.78 is 6.17. The number of ether oxygens (including phenoxy) is 1. The molecule has 0 aliphatic carbocycles. The van der Waals surface area contributed by atoms with Gasteiger partial charge < -0.3 is 9.64 Å². The first kappa shape index (κ1) is 18.8. The molecule has 0 aromatic heterocycles. The Hall–Kier alpha value is -3.58. The van der Waals surface area contributed by atoms with Crippen molar-refractivity contribution >= 4 is 5.91 Å². The number of hydrogen-bond donors (Lipinski definition) is 0. The zero-order valence-electron chi connectivity index (χ0n) is 16.1. The van der Waals surface area contributed by atoms with Gasteiger partial charge in [-0.25, -0.2) is 0 Å². The number of rotatable bonds is 5. The Balaban J connectivity index is 1.55. The van der Waals surface area contributed by atoms with Gasteiger partial charge in [0.1, 0.15) is 5.75 Å². The van der Waals surface area contributed by atoms with Crippen molar-refractivity contribution in [2.24, 2.45) is 0 Å². The van der Waals surface area contributed by atoms with Crippen LogP contribution in [0.2, 0.25) is 0 Å². The Morgan fingerprint density at radius 3 is 2.03 bits per heavy atom. The molecule has 1 atom stereocenters. The van der Waals surface area contributed by atoms with Crippen molar-refractivity contribution < 1.29 is 9.53 Å². The van der Waals surface area contributed by atoms with Crippen molar-refractivity contribution in [3.8, 4) is 22.9 Å². The molecule has 1 amide bonds. The quantitative estimate of drug-likeness (QED) is 0.626. The number of hydrogen-bond acceptors (Lipinski definition) is 3. The van der Waals surface area contributed by atoms with Crippen LogP contribution in [-0.2, 0) is 4.79 Å². The Bertz CT molecular complexity index is 999. The molecule has 0 spiro atoms. The molecule has 1 saturated heterocycles. The van der Waals surface area contributed by atoms with Gasteiger partial charge in [0.2, 0.25) is 6.10 Å². The third-order valence-corrected chi connectivity index (χ3v) is 5.20. The number of nitriles is 1. The van der Waals surface area contributed by atoms with Crippen molar-refractivity contribution in [1.29, 1.82) is 5.26 Å². The van der Waals surface area contributed by atoms with Gasteiger partial charge in [-0.15, -0.1) is 0 Å². The molecule has 0 saturated carbocycles. The van der Waals surface area contributed by atoms with Crippen LogP contribution < -0.4 is 4.74 Å². The molecule has 3 aromatic carbocycles. The zero-order valence-corrected chi connectivity index (χ0v) is 16.1. The van der Waals surface area contributed by atoms with Crippen LogP contribution in [0.25, 0.3) is 11.1 Å². The molecule has 144 valence electrons. The lowest BCUT2D eigenvalue weighted by molar-refractivity contribution is -0.137. The van der Waals surface area contributed by atoms with E-state index in [9.17, 15) is 4.79 Å². The average molecular weight is 382 g/mol. The number of carbonyl (C=O) groups excluding carboxylic acids is 1. The van der Waals surface area contributed by atoms with Gasteiger partial charge in [0.15, 0.2) is 0 Å². The molecule has 4 heteroatoms. The maximum absolute atomic E-state index is 13.1. The maximum atomic E-state index is 13.1. The molecule has 4 rings (SSSR count). The van der Waals surface area contributed by atoms with Crippen LogP contribution in [0, 0.1) is 11.3 Å². The summed E-state index contributed by atoms with van der Waals surface area (Å²) in [6.07, 6.45) is 1.45. The summed E-state index contributed by atoms with van der Waals surface area (Å²) in [5.74, 6) is 0.675. The predicted molar refractivity (Wildman–Crippen MR) is 112 cm³/mol. The third-order valence-electron chi connectivity index (χ3n) is 5.20. The second-order valence-electron chi connectivity index (χ2n) is 7.15. The van der Waals surface area contributed by atoms with E-state index in [0.717, 1.165) is 42.6 Å². The topological polar surface area (TPSA) is 53.3 Å². The van der Waals surface area contributed by atoms with E-state index in [-0.39, 0.29) is 5.91 Å². The first-order valence-electron chi connectivity index (χ1n) is 9.85. The van der Waals surface area contributed by atoms with Gasteiger partial charge >= 0.3 is 0 Å². The lowest BCUT2D eigenvalue weighted by atomic mass is 10.0. The van der Waals surface area contributed by atoms with Crippen molar-refractivity contribution in [3.05, 3.63) is 90.0 Å². The Kier molecular flexibility index (Phi) is 5.58. The van der Waals surface area contributed by atoms with Gasteiger partial charge in [0.05, 0.1) is 11.6 Å². The molecule has 1 heterocycles. The normalized spacial score (nSPS) is 14.2. The second kappa shape index (κ2) is 8.62. The van der Waals surface area contributed by atoms with Crippen LogP contribution in [0.15, 0.2) is 78.9 Å². The average Bonchev–Trinajstić information content (AvgIpc) is 3.33. The summed E-state index contributed by atoms with van der Waals surface area (Å²) in [6.45, 7) is 1.59. The number of carbonyl (C=O) groups is 1. The first-order chi connectivity index (χ1) is 14.2. The van der Waals surface area contributed by atoms with E-state index in [0.29, 0.717) is 11.3 Å². The van der Waals surface area contributed by atoms with Crippen LogP contribution in [0.3, 0.4) is 0 Å². The second-order valence-corrected chi connectivity index (χ2v) is 7.15. The van der Waals surface area contributed by atoms with Crippen molar-refractivity contribution in [2.45, 2.75) is 18.9 Å². The van der Waals surface area contributed by atoms with Crippen LogP contribution >= 0.6 is 0 Å². The van der Waals surface area contributed by atoms with Crippen LogP contribution in [-0.4, -0.2) is 23.9 Å². The number of amides is 1. The maximum Gasteiger partial charge on any atom is 0.268 e. The fourth-order valence-corrected chi connectivity index (χ4v) is 3.59. The van der Waals surface area contributed by atoms with Gasteiger partial charge in [0, 0.05) is 18.7 Å². The highest BCUT2D eigenvalue weighted by Gasteiger charge is 2.29. The van der Waals surface area contributed by atoms with Gasteiger partial charge in [-0.2, -0.15) is 5.26 Å². The van der Waals surface area contributed by atoms with Crippen molar-refractivity contribution in [3.63, 3.8) is 0 Å². The highest BCUT2D eigenvalue weighted by atomic mass is 16.5. The molecule has 4 nitrogen and oxygen atoms in total. The highest BCUT2D eigenvalue weighted by Crippen LogP contribution is 2.28. The lowest BCUT2D eigenvalue weighted by Gasteiger charge is -2.24. The molecule has 0 N–H and O–H groups in total. The van der Waals surface area contributed by atoms with E-state index >= 15 is 0 Å². The van der Waals surface area contributed by atoms with E-state index < -0.39 is 6.10 Å². The van der Waals surface area contributed by atoms with Gasteiger partial charge in [-0.1, -0.05) is 54.6 Å². The van der Waals surface area contributed by atoms with Crippen molar-refractivity contribution in [1.82, 2.24) is 4.90 Å². The predicted octanol–water partition coefficient (Wildman–Crippen LogP) is 4.97. The summed E-state index contributed by atoms with van der Waals surface area (Å²) in [7, 11) is 0. The van der Waals surface area contributed by atoms with Gasteiger partial charge in [0.25, 0.3) is 5.91 Å². The van der Waals surface area contributed by atoms with Gasteiger partial charge in [-0.05, 0) is 48.2 Å². The van der Waals surface area contributed by atoms with E-state index in [4.69, 9.17) is 10.00 Å². The van der Waals surface area contributed by atoms with E-state index in [2.05, 4.69) is 6.07 Å². The zero-order chi connectivity index (χ0) is 20.1. The Labute approximate surface area is 171 Å². The number of nitrogens with zero attached hydrogens (tertiary/aromatic N) is 2. The minimum Gasteiger partial charge on any atom is -0.476 e. The SMILES string of the molecule is N#Cc1ccc(-c2ccc(O[C@@H](C(=O)N3CCCC3)c3ccccc3)cc2)cc1. The molecule has 0 unspecified atom stereocenters. The van der Waals surface area contributed by atoms with Crippen LogP contribution in [0.1, 0.15) is 30.1 Å². The largest absolute Gasteiger partial charge is 0.476 e. The standard InChI is InChI=1S/C25H22N2O2/c26-18-19-8-10-20(11-9-19)21-12-14-23(15-13-21)29-24(22-6-2-1-3-7-22)25(28)27-16-4-5-17-27/h1-3,6-15,24H,4-5,16-17H2/t24-/m1/s1. The molecule has 0 radical (unpaired) electrons. The summed E-state index contributed by atoms with van der Waals surface area (Å²) in [6, 6.07) is 27.0. The summed E-state index contributed by atoms with van der Waals surface area (Å²) in [5.41, 5.74) is 3.56. The van der Waals surface area contributed by atoms with E-state index in [1.54, 1.807) is 12.1 Å². The third kappa shape index (κ3) is 4.30. The number of benzene rings is 3. The monoisotopic (exact) mass is 382 g/mol. The fraction of sp³-hybridized carbons (Fsp3) is 0.200. The van der Waals surface area contributed by atoms with Crippen molar-refractivity contribution in [2.75, 3.05) is 13.1 Å². The molecule has 3 aromatic rings. The first-order valence-corrected chi connectivity index (χ1v) is 9.85. The Morgan fingerprint density at radius 1 is 0.862 bits per heavy atom. The molecule has 1 aliphatic heterocycles. The minimum atomic E-state index is -0.643. The van der Waals surface area contributed by atoms with Crippen LogP contribution in [0.5, 0.6) is 5.75 Å². The molecule has 1 aliphatic rings. The molecule has 1 fully saturated rings. The summed E-state index contributed by atoms with van der Waals surface area (Å²) >= 11 is 0. The van der Waals surface area contributed by atoms with Gasteiger partial charge in [-0.3, -0.25) is 4.79 Å². The Morgan fingerprint density at radius 2 is 1.45 bits per heavy atom. The molecular weight excluding hydrogens is 360 g/mol. The number of likely N-dealkylation sites (tertiary alicyclic amines) is 1. The molecular formula is C25H22N2O2. The van der Waals surface area contributed by atoms with E-state index in [1.807, 2.05) is 71.6 Å². The highest BCUT2D eigenvalue weighted by molar-refractivity contribution is 5.83. The summed E-state index contributed by atoms with van der Waals surface area (Å²) in [4.78, 5) is 15.0.